The maximum atomic E-state index is 11.7. The zero-order valence-corrected chi connectivity index (χ0v) is 11.8. The summed E-state index contributed by atoms with van der Waals surface area (Å²) in [5.41, 5.74) is 0.896. The SMILES string of the molecule is N#Cc1ccc(C(=O)OCCOc2cccc(Cl)c2)cc1. The number of hydrogen-bond acceptors (Lipinski definition) is 4. The minimum absolute atomic E-state index is 0.130. The van der Waals surface area contributed by atoms with Crippen LogP contribution in [0.5, 0.6) is 5.75 Å². The molecular weight excluding hydrogens is 290 g/mol. The molecule has 0 bridgehead atoms. The highest BCUT2D eigenvalue weighted by Crippen LogP contribution is 2.16. The maximum Gasteiger partial charge on any atom is 0.338 e. The van der Waals surface area contributed by atoms with Crippen LogP contribution in [-0.2, 0) is 4.74 Å². The van der Waals surface area contributed by atoms with Crippen LogP contribution in [0.3, 0.4) is 0 Å². The summed E-state index contributed by atoms with van der Waals surface area (Å²) in [5, 5.41) is 9.26. The molecule has 0 N–H and O–H groups in total. The summed E-state index contributed by atoms with van der Waals surface area (Å²) in [6, 6.07) is 15.2. The second-order valence-electron chi connectivity index (χ2n) is 4.13. The molecule has 2 aromatic carbocycles. The van der Waals surface area contributed by atoms with Crippen molar-refractivity contribution in [2.45, 2.75) is 0 Å². The first-order valence-corrected chi connectivity index (χ1v) is 6.62. The molecule has 0 saturated heterocycles. The molecule has 0 saturated carbocycles. The van der Waals surface area contributed by atoms with E-state index in [-0.39, 0.29) is 13.2 Å². The van der Waals surface area contributed by atoms with E-state index < -0.39 is 5.97 Å². The van der Waals surface area contributed by atoms with Crippen LogP contribution >= 0.6 is 11.6 Å². The third-order valence-electron chi connectivity index (χ3n) is 2.63. The van der Waals surface area contributed by atoms with Crippen LogP contribution in [0.2, 0.25) is 5.02 Å². The Morgan fingerprint density at radius 2 is 1.90 bits per heavy atom. The van der Waals surface area contributed by atoms with Gasteiger partial charge in [0.25, 0.3) is 0 Å². The van der Waals surface area contributed by atoms with E-state index >= 15 is 0 Å². The molecule has 106 valence electrons. The fraction of sp³-hybridized carbons (Fsp3) is 0.125. The summed E-state index contributed by atoms with van der Waals surface area (Å²) in [5.74, 6) is 0.172. The minimum atomic E-state index is -0.450. The predicted octanol–water partition coefficient (Wildman–Crippen LogP) is 3.45. The average molecular weight is 302 g/mol. The van der Waals surface area contributed by atoms with Gasteiger partial charge < -0.3 is 9.47 Å². The lowest BCUT2D eigenvalue weighted by Gasteiger charge is -2.07. The van der Waals surface area contributed by atoms with E-state index in [0.717, 1.165) is 0 Å². The fourth-order valence-corrected chi connectivity index (χ4v) is 1.80. The lowest BCUT2D eigenvalue weighted by Crippen LogP contribution is -2.12. The Bertz CT molecular complexity index is 662. The van der Waals surface area contributed by atoms with Gasteiger partial charge in [-0.3, -0.25) is 0 Å². The predicted molar refractivity (Wildman–Crippen MR) is 78.4 cm³/mol. The normalized spacial score (nSPS) is 9.71. The Labute approximate surface area is 127 Å². The summed E-state index contributed by atoms with van der Waals surface area (Å²) in [7, 11) is 0. The highest BCUT2D eigenvalue weighted by atomic mass is 35.5. The van der Waals surface area contributed by atoms with Crippen molar-refractivity contribution < 1.29 is 14.3 Å². The molecule has 0 radical (unpaired) electrons. The molecule has 0 unspecified atom stereocenters. The largest absolute Gasteiger partial charge is 0.490 e. The Morgan fingerprint density at radius 3 is 2.57 bits per heavy atom. The monoisotopic (exact) mass is 301 g/mol. The van der Waals surface area contributed by atoms with E-state index in [0.29, 0.717) is 21.9 Å². The summed E-state index contributed by atoms with van der Waals surface area (Å²) >= 11 is 5.82. The summed E-state index contributed by atoms with van der Waals surface area (Å²) < 4.78 is 10.5. The number of ether oxygens (including phenoxy) is 2. The first kappa shape index (κ1) is 14.9. The van der Waals surface area contributed by atoms with Crippen molar-refractivity contribution in [2.75, 3.05) is 13.2 Å². The second-order valence-corrected chi connectivity index (χ2v) is 4.57. The van der Waals surface area contributed by atoms with Gasteiger partial charge in [0.15, 0.2) is 0 Å². The smallest absolute Gasteiger partial charge is 0.338 e. The van der Waals surface area contributed by atoms with Gasteiger partial charge in [0.1, 0.15) is 19.0 Å². The number of halogens is 1. The van der Waals surface area contributed by atoms with Crippen molar-refractivity contribution in [3.05, 3.63) is 64.7 Å². The number of hydrogen-bond donors (Lipinski definition) is 0. The van der Waals surface area contributed by atoms with Crippen LogP contribution < -0.4 is 4.74 Å². The molecule has 0 aromatic heterocycles. The van der Waals surface area contributed by atoms with Crippen molar-refractivity contribution in [2.24, 2.45) is 0 Å². The lowest BCUT2D eigenvalue weighted by molar-refractivity contribution is 0.0450. The first-order chi connectivity index (χ1) is 10.2. The van der Waals surface area contributed by atoms with Crippen LogP contribution in [0.25, 0.3) is 0 Å². The molecule has 5 heteroatoms. The number of nitriles is 1. The third kappa shape index (κ3) is 4.51. The fourth-order valence-electron chi connectivity index (χ4n) is 1.61. The van der Waals surface area contributed by atoms with E-state index in [1.165, 1.54) is 0 Å². The first-order valence-electron chi connectivity index (χ1n) is 6.25. The number of nitrogens with zero attached hydrogens (tertiary/aromatic N) is 1. The van der Waals surface area contributed by atoms with E-state index in [2.05, 4.69) is 0 Å². The maximum absolute atomic E-state index is 11.7. The molecular formula is C16H12ClNO3. The van der Waals surface area contributed by atoms with Gasteiger partial charge in [-0.2, -0.15) is 5.26 Å². The molecule has 21 heavy (non-hydrogen) atoms. The highest BCUT2D eigenvalue weighted by molar-refractivity contribution is 6.30. The van der Waals surface area contributed by atoms with Crippen molar-refractivity contribution in [1.29, 1.82) is 5.26 Å². The molecule has 0 aliphatic carbocycles. The molecule has 0 heterocycles. The molecule has 2 aromatic rings. The molecule has 0 aliphatic rings. The van der Waals surface area contributed by atoms with Crippen LogP contribution in [0.15, 0.2) is 48.5 Å². The number of carbonyl (C=O) groups is 1. The Balaban J connectivity index is 1.77. The van der Waals surface area contributed by atoms with E-state index in [1.54, 1.807) is 48.5 Å². The number of benzene rings is 2. The highest BCUT2D eigenvalue weighted by Gasteiger charge is 2.06. The second kappa shape index (κ2) is 7.32. The van der Waals surface area contributed by atoms with Gasteiger partial charge >= 0.3 is 5.97 Å². The van der Waals surface area contributed by atoms with Crippen LogP contribution in [-0.4, -0.2) is 19.2 Å². The van der Waals surface area contributed by atoms with Gasteiger partial charge in [-0.15, -0.1) is 0 Å². The molecule has 4 nitrogen and oxygen atoms in total. The minimum Gasteiger partial charge on any atom is -0.490 e. The average Bonchev–Trinajstić information content (AvgIpc) is 2.51. The van der Waals surface area contributed by atoms with Gasteiger partial charge in [0.05, 0.1) is 17.2 Å². The number of esters is 1. The van der Waals surface area contributed by atoms with Gasteiger partial charge in [0, 0.05) is 5.02 Å². The molecule has 0 spiro atoms. The topological polar surface area (TPSA) is 59.3 Å². The Hall–Kier alpha value is -2.51. The molecule has 0 fully saturated rings. The summed E-state index contributed by atoms with van der Waals surface area (Å²) in [6.07, 6.45) is 0. The van der Waals surface area contributed by atoms with Gasteiger partial charge in [-0.05, 0) is 42.5 Å². The van der Waals surface area contributed by atoms with Crippen molar-refractivity contribution in [3.63, 3.8) is 0 Å². The molecule has 2 rings (SSSR count). The van der Waals surface area contributed by atoms with Crippen molar-refractivity contribution >= 4 is 17.6 Å². The zero-order chi connectivity index (χ0) is 15.1. The van der Waals surface area contributed by atoms with Crippen molar-refractivity contribution in [3.8, 4) is 11.8 Å². The summed E-state index contributed by atoms with van der Waals surface area (Å²) in [4.78, 5) is 11.7. The van der Waals surface area contributed by atoms with E-state index in [1.807, 2.05) is 6.07 Å². The molecule has 0 atom stereocenters. The quantitative estimate of drug-likeness (QED) is 0.627. The zero-order valence-electron chi connectivity index (χ0n) is 11.1. The standard InChI is InChI=1S/C16H12ClNO3/c17-14-2-1-3-15(10-14)20-8-9-21-16(19)13-6-4-12(11-18)5-7-13/h1-7,10H,8-9H2. The van der Waals surface area contributed by atoms with Gasteiger partial charge in [0.2, 0.25) is 0 Å². The van der Waals surface area contributed by atoms with Crippen LogP contribution in [0.4, 0.5) is 0 Å². The van der Waals surface area contributed by atoms with E-state index in [9.17, 15) is 4.79 Å². The number of rotatable bonds is 5. The lowest BCUT2D eigenvalue weighted by atomic mass is 10.1. The summed E-state index contributed by atoms with van der Waals surface area (Å²) in [6.45, 7) is 0.369. The van der Waals surface area contributed by atoms with Gasteiger partial charge in [-0.1, -0.05) is 17.7 Å². The third-order valence-corrected chi connectivity index (χ3v) is 2.87. The van der Waals surface area contributed by atoms with Crippen molar-refractivity contribution in [1.82, 2.24) is 0 Å². The Kier molecular flexibility index (Phi) is 5.19. The van der Waals surface area contributed by atoms with Crippen LogP contribution in [0, 0.1) is 11.3 Å². The molecule has 0 aliphatic heterocycles. The van der Waals surface area contributed by atoms with E-state index in [4.69, 9.17) is 26.3 Å². The van der Waals surface area contributed by atoms with Crippen LogP contribution in [0.1, 0.15) is 15.9 Å². The molecule has 0 amide bonds. The van der Waals surface area contributed by atoms with Gasteiger partial charge in [-0.25, -0.2) is 4.79 Å². The Morgan fingerprint density at radius 1 is 1.14 bits per heavy atom. The number of carbonyl (C=O) groups excluding carboxylic acids is 1.